The number of allylic oxidation sites excluding steroid dienone is 4. The molecule has 0 spiro atoms. The first-order valence-corrected chi connectivity index (χ1v) is 23.6. The van der Waals surface area contributed by atoms with Crippen LogP contribution in [0, 0.1) is 0 Å². The Labute approximate surface area is 335 Å². The predicted octanol–water partition coefficient (Wildman–Crippen LogP) is 13.6. The largest absolute Gasteiger partial charge is 0.466 e. The highest BCUT2D eigenvalue weighted by Gasteiger charge is 2.19. The minimum atomic E-state index is -0.696. The molecule has 0 heterocycles. The van der Waals surface area contributed by atoms with E-state index in [4.69, 9.17) is 4.74 Å². The van der Waals surface area contributed by atoms with Gasteiger partial charge in [0.1, 0.15) is 0 Å². The molecule has 0 aliphatic rings. The highest BCUT2D eigenvalue weighted by atomic mass is 16.5. The van der Waals surface area contributed by atoms with Crippen LogP contribution in [-0.2, 0) is 14.3 Å². The number of hydrogen-bond acceptors (Lipinski definition) is 5. The van der Waals surface area contributed by atoms with Crippen LogP contribution in [0.25, 0.3) is 0 Å². The molecule has 0 aromatic heterocycles. The van der Waals surface area contributed by atoms with Gasteiger partial charge < -0.3 is 20.3 Å². The molecular formula is C48H91NO5. The van der Waals surface area contributed by atoms with Crippen molar-refractivity contribution < 1.29 is 24.5 Å². The molecular weight excluding hydrogens is 671 g/mol. The molecule has 3 N–H and O–H groups in total. The zero-order chi connectivity index (χ0) is 39.4. The van der Waals surface area contributed by atoms with Crippen molar-refractivity contribution in [1.29, 1.82) is 0 Å². The summed E-state index contributed by atoms with van der Waals surface area (Å²) in [4.78, 5) is 24.3. The Hall–Kier alpha value is -1.66. The number of hydrogen-bond donors (Lipinski definition) is 3. The van der Waals surface area contributed by atoms with Crippen LogP contribution in [0.5, 0.6) is 0 Å². The van der Waals surface area contributed by atoms with Gasteiger partial charge in [0.25, 0.3) is 0 Å². The van der Waals surface area contributed by atoms with Crippen molar-refractivity contribution in [1.82, 2.24) is 5.32 Å². The van der Waals surface area contributed by atoms with Gasteiger partial charge in [-0.3, -0.25) is 9.59 Å². The number of aliphatic hydroxyl groups is 2. The second-order valence-corrected chi connectivity index (χ2v) is 16.1. The number of carbonyl (C=O) groups is 2. The van der Waals surface area contributed by atoms with E-state index < -0.39 is 12.1 Å². The third-order valence-electron chi connectivity index (χ3n) is 10.8. The van der Waals surface area contributed by atoms with E-state index in [0.717, 1.165) is 51.4 Å². The van der Waals surface area contributed by atoms with Gasteiger partial charge in [-0.05, 0) is 44.9 Å². The van der Waals surface area contributed by atoms with Crippen LogP contribution in [0.3, 0.4) is 0 Å². The fourth-order valence-corrected chi connectivity index (χ4v) is 7.10. The summed E-state index contributed by atoms with van der Waals surface area (Å²) in [5, 5.41) is 23.0. The Balaban J connectivity index is 3.53. The number of esters is 1. The van der Waals surface area contributed by atoms with E-state index in [2.05, 4.69) is 37.4 Å². The van der Waals surface area contributed by atoms with Crippen molar-refractivity contribution in [3.8, 4) is 0 Å². The Morgan fingerprint density at radius 3 is 1.44 bits per heavy atom. The molecule has 54 heavy (non-hydrogen) atoms. The molecule has 0 rings (SSSR count). The third-order valence-corrected chi connectivity index (χ3v) is 10.8. The zero-order valence-corrected chi connectivity index (χ0v) is 36.0. The molecule has 2 atom stereocenters. The van der Waals surface area contributed by atoms with Crippen molar-refractivity contribution in [3.05, 3.63) is 24.3 Å². The number of rotatable bonds is 43. The van der Waals surface area contributed by atoms with E-state index in [0.29, 0.717) is 32.3 Å². The lowest BCUT2D eigenvalue weighted by molar-refractivity contribution is -0.143. The average molecular weight is 762 g/mol. The second kappa shape index (κ2) is 44.1. The standard InChI is InChI=1S/C48H91NO5/c1-3-5-7-9-11-13-15-16-19-22-26-30-34-38-42-48(53)54-43-39-35-31-27-23-20-17-18-21-25-29-33-37-41-47(52)49-45(44-50)46(51)40-36-32-28-24-14-12-10-8-6-4-2/h18,21,29,33,45-46,50-51H,3-17,19-20,22-28,30-32,34-44H2,1-2H3,(H,49,52)/b21-18-,33-29-. The molecule has 0 saturated heterocycles. The summed E-state index contributed by atoms with van der Waals surface area (Å²) in [6.07, 6.45) is 50.1. The van der Waals surface area contributed by atoms with Crippen LogP contribution < -0.4 is 5.32 Å². The molecule has 0 aromatic rings. The Morgan fingerprint density at radius 1 is 0.519 bits per heavy atom. The first kappa shape index (κ1) is 52.3. The lowest BCUT2D eigenvalue weighted by Crippen LogP contribution is -2.45. The first-order chi connectivity index (χ1) is 26.5. The first-order valence-electron chi connectivity index (χ1n) is 23.6. The third kappa shape index (κ3) is 40.0. The SMILES string of the molecule is CCCCCCCCCCCCCCCCC(=O)OCCCCCCCC/C=C\C/C=C\CCC(=O)NC(CO)C(O)CCCCCCCCCCCC. The van der Waals surface area contributed by atoms with Gasteiger partial charge in [-0.25, -0.2) is 0 Å². The number of aliphatic hydroxyl groups excluding tert-OH is 2. The second-order valence-electron chi connectivity index (χ2n) is 16.1. The Bertz CT molecular complexity index is 843. The van der Waals surface area contributed by atoms with Crippen molar-refractivity contribution in [3.63, 3.8) is 0 Å². The molecule has 0 saturated carbocycles. The van der Waals surface area contributed by atoms with Gasteiger partial charge in [-0.1, -0.05) is 212 Å². The fourth-order valence-electron chi connectivity index (χ4n) is 7.10. The number of ether oxygens (including phenoxy) is 1. The Morgan fingerprint density at radius 2 is 0.944 bits per heavy atom. The number of unbranched alkanes of at least 4 members (excludes halogenated alkanes) is 28. The molecule has 2 unspecified atom stereocenters. The van der Waals surface area contributed by atoms with Gasteiger partial charge in [-0.2, -0.15) is 0 Å². The molecule has 0 aliphatic carbocycles. The topological polar surface area (TPSA) is 95.9 Å². The molecule has 0 aromatic carbocycles. The quantitative estimate of drug-likeness (QED) is 0.0327. The molecule has 318 valence electrons. The molecule has 1 amide bonds. The maximum atomic E-state index is 12.3. The van der Waals surface area contributed by atoms with Crippen LogP contribution in [0.2, 0.25) is 0 Å². The van der Waals surface area contributed by atoms with E-state index in [1.54, 1.807) is 0 Å². The number of carbonyl (C=O) groups excluding carboxylic acids is 2. The van der Waals surface area contributed by atoms with Crippen LogP contribution in [0.4, 0.5) is 0 Å². The normalized spacial score (nSPS) is 12.9. The van der Waals surface area contributed by atoms with Crippen molar-refractivity contribution in [2.24, 2.45) is 0 Å². The van der Waals surface area contributed by atoms with Crippen molar-refractivity contribution in [2.75, 3.05) is 13.2 Å². The van der Waals surface area contributed by atoms with Gasteiger partial charge >= 0.3 is 5.97 Å². The van der Waals surface area contributed by atoms with Crippen LogP contribution >= 0.6 is 0 Å². The molecule has 6 nitrogen and oxygen atoms in total. The molecule has 0 radical (unpaired) electrons. The van der Waals surface area contributed by atoms with E-state index in [1.807, 2.05) is 6.08 Å². The summed E-state index contributed by atoms with van der Waals surface area (Å²) < 4.78 is 5.44. The highest BCUT2D eigenvalue weighted by molar-refractivity contribution is 5.76. The van der Waals surface area contributed by atoms with Crippen LogP contribution in [-0.4, -0.2) is 47.4 Å². The lowest BCUT2D eigenvalue weighted by atomic mass is 10.0. The highest BCUT2D eigenvalue weighted by Crippen LogP contribution is 2.15. The molecule has 6 heteroatoms. The summed E-state index contributed by atoms with van der Waals surface area (Å²) >= 11 is 0. The summed E-state index contributed by atoms with van der Waals surface area (Å²) in [6.45, 7) is 4.86. The van der Waals surface area contributed by atoms with Crippen molar-refractivity contribution >= 4 is 11.9 Å². The number of amides is 1. The average Bonchev–Trinajstić information content (AvgIpc) is 3.17. The maximum absolute atomic E-state index is 12.3. The predicted molar refractivity (Wildman–Crippen MR) is 232 cm³/mol. The van der Waals surface area contributed by atoms with Gasteiger partial charge in [-0.15, -0.1) is 0 Å². The fraction of sp³-hybridized carbons (Fsp3) is 0.875. The smallest absolute Gasteiger partial charge is 0.305 e. The molecule has 0 aliphatic heterocycles. The van der Waals surface area contributed by atoms with E-state index in [9.17, 15) is 19.8 Å². The zero-order valence-electron chi connectivity index (χ0n) is 36.0. The van der Waals surface area contributed by atoms with Gasteiger partial charge in [0.15, 0.2) is 0 Å². The summed E-state index contributed by atoms with van der Waals surface area (Å²) in [5.41, 5.74) is 0. The lowest BCUT2D eigenvalue weighted by Gasteiger charge is -2.22. The van der Waals surface area contributed by atoms with Gasteiger partial charge in [0.2, 0.25) is 5.91 Å². The van der Waals surface area contributed by atoms with E-state index in [1.165, 1.54) is 154 Å². The molecule has 0 bridgehead atoms. The maximum Gasteiger partial charge on any atom is 0.305 e. The summed E-state index contributed by atoms with van der Waals surface area (Å²) in [7, 11) is 0. The molecule has 0 fully saturated rings. The monoisotopic (exact) mass is 762 g/mol. The minimum absolute atomic E-state index is 0.0155. The Kier molecular flexibility index (Phi) is 42.7. The number of nitrogens with one attached hydrogen (secondary N) is 1. The van der Waals surface area contributed by atoms with Crippen LogP contribution in [0.15, 0.2) is 24.3 Å². The van der Waals surface area contributed by atoms with Gasteiger partial charge in [0, 0.05) is 12.8 Å². The van der Waals surface area contributed by atoms with E-state index in [-0.39, 0.29) is 18.5 Å². The van der Waals surface area contributed by atoms with Gasteiger partial charge in [0.05, 0.1) is 25.4 Å². The van der Waals surface area contributed by atoms with Crippen LogP contribution in [0.1, 0.15) is 245 Å². The summed E-state index contributed by atoms with van der Waals surface area (Å²) in [5.74, 6) is -0.133. The summed E-state index contributed by atoms with van der Waals surface area (Å²) in [6, 6.07) is -0.582. The van der Waals surface area contributed by atoms with E-state index >= 15 is 0 Å². The minimum Gasteiger partial charge on any atom is -0.466 e. The van der Waals surface area contributed by atoms with Crippen molar-refractivity contribution in [2.45, 2.75) is 257 Å².